The van der Waals surface area contributed by atoms with Crippen LogP contribution in [0.1, 0.15) is 95.1 Å². The molecule has 0 spiro atoms. The Morgan fingerprint density at radius 3 is 1.71 bits per heavy atom. The molecule has 0 unspecified atom stereocenters. The summed E-state index contributed by atoms with van der Waals surface area (Å²) in [4.78, 5) is 0. The van der Waals surface area contributed by atoms with Gasteiger partial charge in [-0.3, -0.25) is 0 Å². The molecule has 120 valence electrons. The van der Waals surface area contributed by atoms with Crippen LogP contribution in [0.15, 0.2) is 24.3 Å². The molecule has 1 rings (SSSR count). The third-order valence-corrected chi connectivity index (χ3v) is 4.40. The quantitative estimate of drug-likeness (QED) is 0.336. The zero-order chi connectivity index (χ0) is 15.2. The summed E-state index contributed by atoms with van der Waals surface area (Å²) in [5.74, 6) is 0. The smallest absolute Gasteiger partial charge is 0.0279 e. The van der Waals surface area contributed by atoms with Crippen LogP contribution in [-0.4, -0.2) is 0 Å². The molecule has 21 heavy (non-hydrogen) atoms. The van der Waals surface area contributed by atoms with Crippen LogP contribution >= 0.6 is 0 Å². The Balaban J connectivity index is 1.82. The van der Waals surface area contributed by atoms with Gasteiger partial charge in [-0.25, -0.2) is 0 Å². The van der Waals surface area contributed by atoms with E-state index in [4.69, 9.17) is 0 Å². The fraction of sp³-hybridized carbons (Fsp3) is 0.714. The van der Waals surface area contributed by atoms with Crippen molar-refractivity contribution in [2.24, 2.45) is 0 Å². The van der Waals surface area contributed by atoms with Crippen molar-refractivity contribution in [3.05, 3.63) is 35.4 Å². The Kier molecular flexibility index (Phi) is 11.2. The van der Waals surface area contributed by atoms with Gasteiger partial charge in [0.2, 0.25) is 0 Å². The highest BCUT2D eigenvalue weighted by Gasteiger charge is 1.95. The first kappa shape index (κ1) is 18.3. The van der Waals surface area contributed by atoms with Crippen molar-refractivity contribution in [3.8, 4) is 0 Å². The second-order valence-electron chi connectivity index (χ2n) is 6.63. The molecule has 0 nitrogen and oxygen atoms in total. The molecule has 0 aliphatic rings. The molecule has 0 bridgehead atoms. The average Bonchev–Trinajstić information content (AvgIpc) is 2.48. The van der Waals surface area contributed by atoms with Crippen molar-refractivity contribution >= 4 is 0 Å². The summed E-state index contributed by atoms with van der Waals surface area (Å²) >= 11 is 0. The van der Waals surface area contributed by atoms with E-state index >= 15 is 0 Å². The van der Waals surface area contributed by atoms with E-state index in [9.17, 15) is 0 Å². The molecule has 0 aliphatic heterocycles. The number of hydrogen-bond acceptors (Lipinski definition) is 0. The number of hydrogen-bond donors (Lipinski definition) is 0. The van der Waals surface area contributed by atoms with Crippen LogP contribution < -0.4 is 0 Å². The molecule has 0 aliphatic carbocycles. The largest absolute Gasteiger partial charge is 0.0654 e. The lowest BCUT2D eigenvalue weighted by molar-refractivity contribution is 0.544. The van der Waals surface area contributed by atoms with Gasteiger partial charge in [0, 0.05) is 0 Å². The Hall–Kier alpha value is -0.780. The third-order valence-electron chi connectivity index (χ3n) is 4.40. The molecule has 0 aromatic heterocycles. The lowest BCUT2D eigenvalue weighted by atomic mass is 10.0. The maximum atomic E-state index is 2.33. The third kappa shape index (κ3) is 10.6. The van der Waals surface area contributed by atoms with E-state index in [0.717, 1.165) is 0 Å². The molecule has 0 heterocycles. The molecule has 0 amide bonds. The Labute approximate surface area is 133 Å². The van der Waals surface area contributed by atoms with Gasteiger partial charge < -0.3 is 0 Å². The fourth-order valence-corrected chi connectivity index (χ4v) is 3.04. The van der Waals surface area contributed by atoms with Gasteiger partial charge in [0.25, 0.3) is 0 Å². The molecule has 0 N–H and O–H groups in total. The van der Waals surface area contributed by atoms with Crippen LogP contribution in [0.2, 0.25) is 0 Å². The predicted octanol–water partition coefficient (Wildman–Crippen LogP) is 7.24. The lowest BCUT2D eigenvalue weighted by Crippen LogP contribution is -1.87. The average molecular weight is 289 g/mol. The number of benzene rings is 1. The van der Waals surface area contributed by atoms with Crippen LogP contribution in [-0.2, 0) is 6.42 Å². The minimum absolute atomic E-state index is 1.26. The van der Waals surface area contributed by atoms with Crippen molar-refractivity contribution in [1.82, 2.24) is 0 Å². The summed E-state index contributed by atoms with van der Waals surface area (Å²) in [5, 5.41) is 0. The van der Waals surface area contributed by atoms with Crippen LogP contribution in [0.4, 0.5) is 0 Å². The summed E-state index contributed by atoms with van der Waals surface area (Å²) < 4.78 is 0. The highest BCUT2D eigenvalue weighted by Crippen LogP contribution is 2.13. The first-order valence-corrected chi connectivity index (χ1v) is 9.38. The van der Waals surface area contributed by atoms with Crippen LogP contribution in [0.3, 0.4) is 0 Å². The first-order valence-electron chi connectivity index (χ1n) is 9.38. The van der Waals surface area contributed by atoms with E-state index in [2.05, 4.69) is 38.1 Å². The summed E-state index contributed by atoms with van der Waals surface area (Å²) in [6, 6.07) is 8.97. The van der Waals surface area contributed by atoms with Gasteiger partial charge in [-0.15, -0.1) is 0 Å². The molecule has 0 saturated carbocycles. The molecular weight excluding hydrogens is 252 g/mol. The lowest BCUT2D eigenvalue weighted by Gasteiger charge is -2.04. The molecule has 0 atom stereocenters. The maximum Gasteiger partial charge on any atom is -0.0279 e. The van der Waals surface area contributed by atoms with Gasteiger partial charge in [-0.05, 0) is 25.3 Å². The Morgan fingerprint density at radius 1 is 0.667 bits per heavy atom. The first-order chi connectivity index (χ1) is 10.3. The van der Waals surface area contributed by atoms with E-state index in [1.54, 1.807) is 0 Å². The van der Waals surface area contributed by atoms with E-state index in [0.29, 0.717) is 0 Å². The zero-order valence-corrected chi connectivity index (χ0v) is 14.5. The minimum atomic E-state index is 1.26. The SMILES string of the molecule is CCCCCCCCCCCCCCc1cccc(C)c1. The van der Waals surface area contributed by atoms with Crippen molar-refractivity contribution in [3.63, 3.8) is 0 Å². The van der Waals surface area contributed by atoms with E-state index < -0.39 is 0 Å². The predicted molar refractivity (Wildman–Crippen MR) is 96.0 cm³/mol. The van der Waals surface area contributed by atoms with Crippen molar-refractivity contribution in [2.45, 2.75) is 97.3 Å². The monoisotopic (exact) mass is 288 g/mol. The summed E-state index contributed by atoms with van der Waals surface area (Å²) in [6.45, 7) is 4.48. The molecule has 0 fully saturated rings. The molecule has 1 aromatic rings. The second-order valence-corrected chi connectivity index (χ2v) is 6.63. The normalized spacial score (nSPS) is 11.0. The highest BCUT2D eigenvalue weighted by atomic mass is 14.0. The van der Waals surface area contributed by atoms with Crippen molar-refractivity contribution in [1.29, 1.82) is 0 Å². The van der Waals surface area contributed by atoms with Crippen LogP contribution in [0, 0.1) is 6.92 Å². The number of aryl methyl sites for hydroxylation is 2. The summed E-state index contributed by atoms with van der Waals surface area (Å²) in [6.07, 6.45) is 18.5. The topological polar surface area (TPSA) is 0 Å². The van der Waals surface area contributed by atoms with Gasteiger partial charge in [-0.2, -0.15) is 0 Å². The standard InChI is InChI=1S/C21H36/c1-3-4-5-6-7-8-9-10-11-12-13-14-17-21-18-15-16-20(2)19-21/h15-16,18-19H,3-14,17H2,1-2H3. The van der Waals surface area contributed by atoms with Gasteiger partial charge >= 0.3 is 0 Å². The van der Waals surface area contributed by atoms with Gasteiger partial charge in [0.1, 0.15) is 0 Å². The Morgan fingerprint density at radius 2 is 1.19 bits per heavy atom. The molecule has 0 heteroatoms. The summed E-state index contributed by atoms with van der Waals surface area (Å²) in [5.41, 5.74) is 2.91. The second kappa shape index (κ2) is 12.9. The molecule has 1 aromatic carbocycles. The van der Waals surface area contributed by atoms with Crippen LogP contribution in [0.5, 0.6) is 0 Å². The summed E-state index contributed by atoms with van der Waals surface area (Å²) in [7, 11) is 0. The van der Waals surface area contributed by atoms with Gasteiger partial charge in [0.05, 0.1) is 0 Å². The zero-order valence-electron chi connectivity index (χ0n) is 14.5. The molecule has 0 radical (unpaired) electrons. The molecular formula is C21H36. The van der Waals surface area contributed by atoms with Gasteiger partial charge in [-0.1, -0.05) is 107 Å². The Bertz CT molecular complexity index is 340. The minimum Gasteiger partial charge on any atom is -0.0654 e. The van der Waals surface area contributed by atoms with E-state index in [-0.39, 0.29) is 0 Å². The van der Waals surface area contributed by atoms with Gasteiger partial charge in [0.15, 0.2) is 0 Å². The maximum absolute atomic E-state index is 2.33. The fourth-order valence-electron chi connectivity index (χ4n) is 3.04. The number of unbranched alkanes of at least 4 members (excludes halogenated alkanes) is 11. The van der Waals surface area contributed by atoms with Crippen LogP contribution in [0.25, 0.3) is 0 Å². The van der Waals surface area contributed by atoms with E-state index in [1.807, 2.05) is 0 Å². The van der Waals surface area contributed by atoms with E-state index in [1.165, 1.54) is 94.6 Å². The number of rotatable bonds is 13. The van der Waals surface area contributed by atoms with Crippen molar-refractivity contribution in [2.75, 3.05) is 0 Å². The van der Waals surface area contributed by atoms with Crippen molar-refractivity contribution < 1.29 is 0 Å². The molecule has 0 saturated heterocycles. The highest BCUT2D eigenvalue weighted by molar-refractivity contribution is 5.22.